The quantitative estimate of drug-likeness (QED) is 0.843. The molecule has 0 aliphatic rings. The first-order valence-corrected chi connectivity index (χ1v) is 7.03. The standard InChI is InChI=1S/C16H23N3O/c1-13(10-12-20-3)16(17-2)15-9-11-19(18-15)14-7-5-4-6-8-14/h4-9,11,13,16-17H,10,12H2,1-3H3. The molecule has 0 aliphatic heterocycles. The molecule has 2 unspecified atom stereocenters. The molecule has 4 nitrogen and oxygen atoms in total. The Morgan fingerprint density at radius 2 is 2.00 bits per heavy atom. The summed E-state index contributed by atoms with van der Waals surface area (Å²) < 4.78 is 7.08. The van der Waals surface area contributed by atoms with Gasteiger partial charge >= 0.3 is 0 Å². The minimum atomic E-state index is 0.245. The predicted octanol–water partition coefficient (Wildman–Crippen LogP) is 2.81. The van der Waals surface area contributed by atoms with Crippen LogP contribution < -0.4 is 5.32 Å². The van der Waals surface area contributed by atoms with Gasteiger partial charge in [-0.25, -0.2) is 4.68 Å². The lowest BCUT2D eigenvalue weighted by Gasteiger charge is -2.21. The highest BCUT2D eigenvalue weighted by Crippen LogP contribution is 2.23. The Morgan fingerprint density at radius 1 is 1.25 bits per heavy atom. The maximum absolute atomic E-state index is 5.16. The summed E-state index contributed by atoms with van der Waals surface area (Å²) in [5.41, 5.74) is 2.15. The highest BCUT2D eigenvalue weighted by atomic mass is 16.5. The Bertz CT molecular complexity index is 509. The van der Waals surface area contributed by atoms with Gasteiger partial charge in [0, 0.05) is 19.9 Å². The first kappa shape index (κ1) is 14.8. The summed E-state index contributed by atoms with van der Waals surface area (Å²) in [4.78, 5) is 0. The van der Waals surface area contributed by atoms with Gasteiger partial charge in [0.05, 0.1) is 17.4 Å². The summed E-state index contributed by atoms with van der Waals surface area (Å²) in [5, 5.41) is 8.05. The van der Waals surface area contributed by atoms with Crippen molar-refractivity contribution in [2.75, 3.05) is 20.8 Å². The van der Waals surface area contributed by atoms with E-state index in [0.29, 0.717) is 5.92 Å². The van der Waals surface area contributed by atoms with Crippen molar-refractivity contribution in [3.8, 4) is 5.69 Å². The molecule has 108 valence electrons. The predicted molar refractivity (Wildman–Crippen MR) is 81.0 cm³/mol. The SMILES string of the molecule is CNC(c1ccn(-c2ccccc2)n1)C(C)CCOC. The van der Waals surface area contributed by atoms with Crippen LogP contribution in [-0.2, 0) is 4.74 Å². The zero-order valence-electron chi connectivity index (χ0n) is 12.4. The van der Waals surface area contributed by atoms with E-state index in [4.69, 9.17) is 9.84 Å². The molecule has 0 amide bonds. The average molecular weight is 273 g/mol. The van der Waals surface area contributed by atoms with Crippen LogP contribution in [0.3, 0.4) is 0 Å². The minimum Gasteiger partial charge on any atom is -0.385 e. The normalized spacial score (nSPS) is 14.2. The second kappa shape index (κ2) is 7.22. The molecule has 0 saturated carbocycles. The fourth-order valence-electron chi connectivity index (χ4n) is 2.42. The van der Waals surface area contributed by atoms with Crippen molar-refractivity contribution in [2.45, 2.75) is 19.4 Å². The zero-order chi connectivity index (χ0) is 14.4. The van der Waals surface area contributed by atoms with E-state index in [0.717, 1.165) is 24.4 Å². The molecule has 0 bridgehead atoms. The van der Waals surface area contributed by atoms with E-state index in [1.807, 2.05) is 36.1 Å². The Morgan fingerprint density at radius 3 is 2.65 bits per heavy atom. The van der Waals surface area contributed by atoms with E-state index in [9.17, 15) is 0 Å². The van der Waals surface area contributed by atoms with Crippen LogP contribution >= 0.6 is 0 Å². The largest absolute Gasteiger partial charge is 0.385 e. The molecule has 2 aromatic rings. The third kappa shape index (κ3) is 3.46. The molecule has 0 aliphatic carbocycles. The van der Waals surface area contributed by atoms with Crippen LogP contribution in [0.15, 0.2) is 42.6 Å². The molecule has 4 heteroatoms. The monoisotopic (exact) mass is 273 g/mol. The summed E-state index contributed by atoms with van der Waals surface area (Å²) in [5.74, 6) is 0.471. The van der Waals surface area contributed by atoms with Crippen molar-refractivity contribution in [1.29, 1.82) is 0 Å². The van der Waals surface area contributed by atoms with E-state index < -0.39 is 0 Å². The van der Waals surface area contributed by atoms with Gasteiger partial charge in [0.15, 0.2) is 0 Å². The molecule has 1 aromatic carbocycles. The molecule has 0 spiro atoms. The summed E-state index contributed by atoms with van der Waals surface area (Å²) >= 11 is 0. The van der Waals surface area contributed by atoms with Crippen molar-refractivity contribution in [3.63, 3.8) is 0 Å². The van der Waals surface area contributed by atoms with Crippen LogP contribution in [0.5, 0.6) is 0 Å². The van der Waals surface area contributed by atoms with Crippen LogP contribution in [0, 0.1) is 5.92 Å². The van der Waals surface area contributed by atoms with Gasteiger partial charge in [-0.3, -0.25) is 0 Å². The van der Waals surface area contributed by atoms with Crippen LogP contribution in [0.25, 0.3) is 5.69 Å². The summed E-state index contributed by atoms with van der Waals surface area (Å²) in [6, 6.07) is 12.5. The van der Waals surface area contributed by atoms with Crippen molar-refractivity contribution >= 4 is 0 Å². The van der Waals surface area contributed by atoms with Gasteiger partial charge in [0.1, 0.15) is 0 Å². The van der Waals surface area contributed by atoms with E-state index >= 15 is 0 Å². The van der Waals surface area contributed by atoms with Crippen LogP contribution in [0.1, 0.15) is 25.1 Å². The van der Waals surface area contributed by atoms with Gasteiger partial charge < -0.3 is 10.1 Å². The smallest absolute Gasteiger partial charge is 0.0801 e. The van der Waals surface area contributed by atoms with E-state index in [-0.39, 0.29) is 6.04 Å². The number of hydrogen-bond donors (Lipinski definition) is 1. The Kier molecular flexibility index (Phi) is 5.32. The molecule has 0 radical (unpaired) electrons. The summed E-state index contributed by atoms with van der Waals surface area (Å²) in [6.45, 7) is 3.00. The van der Waals surface area contributed by atoms with Gasteiger partial charge in [0.2, 0.25) is 0 Å². The van der Waals surface area contributed by atoms with Gasteiger partial charge in [-0.2, -0.15) is 5.10 Å². The minimum absolute atomic E-state index is 0.245. The van der Waals surface area contributed by atoms with Gasteiger partial charge in [0.25, 0.3) is 0 Å². The maximum atomic E-state index is 5.16. The molecule has 1 aromatic heterocycles. The highest BCUT2D eigenvalue weighted by Gasteiger charge is 2.19. The number of methoxy groups -OCH3 is 1. The highest BCUT2D eigenvalue weighted by molar-refractivity contribution is 5.30. The number of nitrogens with one attached hydrogen (secondary N) is 1. The van der Waals surface area contributed by atoms with E-state index in [2.05, 4.69) is 30.4 Å². The summed E-state index contributed by atoms with van der Waals surface area (Å²) in [6.07, 6.45) is 3.03. The summed E-state index contributed by atoms with van der Waals surface area (Å²) in [7, 11) is 3.72. The first-order chi connectivity index (χ1) is 9.76. The Labute approximate surface area is 120 Å². The fraction of sp³-hybridized carbons (Fsp3) is 0.438. The third-order valence-electron chi connectivity index (χ3n) is 3.61. The van der Waals surface area contributed by atoms with Crippen molar-refractivity contribution < 1.29 is 4.74 Å². The van der Waals surface area contributed by atoms with Crippen LogP contribution in [0.4, 0.5) is 0 Å². The number of rotatable bonds is 7. The molecule has 2 rings (SSSR count). The first-order valence-electron chi connectivity index (χ1n) is 7.03. The lowest BCUT2D eigenvalue weighted by atomic mass is 9.96. The molecule has 20 heavy (non-hydrogen) atoms. The number of para-hydroxylation sites is 1. The molecule has 2 atom stereocenters. The molecule has 1 N–H and O–H groups in total. The van der Waals surface area contributed by atoms with Crippen molar-refractivity contribution in [2.24, 2.45) is 5.92 Å². The van der Waals surface area contributed by atoms with Gasteiger partial charge in [-0.1, -0.05) is 25.1 Å². The zero-order valence-corrected chi connectivity index (χ0v) is 12.4. The van der Waals surface area contributed by atoms with Gasteiger partial charge in [-0.15, -0.1) is 0 Å². The fourth-order valence-corrected chi connectivity index (χ4v) is 2.42. The average Bonchev–Trinajstić information content (AvgIpc) is 2.96. The molecule has 0 saturated heterocycles. The van der Waals surface area contributed by atoms with E-state index in [1.165, 1.54) is 0 Å². The second-order valence-electron chi connectivity index (χ2n) is 5.05. The number of ether oxygens (including phenoxy) is 1. The maximum Gasteiger partial charge on any atom is 0.0801 e. The molecular weight excluding hydrogens is 250 g/mol. The molecule has 1 heterocycles. The second-order valence-corrected chi connectivity index (χ2v) is 5.05. The number of hydrogen-bond acceptors (Lipinski definition) is 3. The number of nitrogens with zero attached hydrogens (tertiary/aromatic N) is 2. The van der Waals surface area contributed by atoms with Crippen LogP contribution in [-0.4, -0.2) is 30.5 Å². The van der Waals surface area contributed by atoms with Gasteiger partial charge in [-0.05, 0) is 37.6 Å². The Hall–Kier alpha value is -1.65. The number of benzene rings is 1. The van der Waals surface area contributed by atoms with E-state index in [1.54, 1.807) is 7.11 Å². The lowest BCUT2D eigenvalue weighted by Crippen LogP contribution is -2.25. The lowest BCUT2D eigenvalue weighted by molar-refractivity contribution is 0.171. The molecule has 0 fully saturated rings. The number of aromatic nitrogens is 2. The Balaban J connectivity index is 2.14. The molecular formula is C16H23N3O. The van der Waals surface area contributed by atoms with Crippen molar-refractivity contribution in [3.05, 3.63) is 48.3 Å². The third-order valence-corrected chi connectivity index (χ3v) is 3.61. The van der Waals surface area contributed by atoms with Crippen molar-refractivity contribution in [1.82, 2.24) is 15.1 Å². The van der Waals surface area contributed by atoms with Crippen LogP contribution in [0.2, 0.25) is 0 Å². The topological polar surface area (TPSA) is 39.1 Å².